The Labute approximate surface area is 153 Å². The fraction of sp³-hybridized carbons (Fsp3) is 0.111. The van der Waals surface area contributed by atoms with Crippen molar-refractivity contribution in [1.29, 1.82) is 0 Å². The zero-order chi connectivity index (χ0) is 18.7. The van der Waals surface area contributed by atoms with Gasteiger partial charge in [0.25, 0.3) is 5.91 Å². The molecule has 2 aromatic carbocycles. The molecule has 0 saturated heterocycles. The number of halogens is 2. The Morgan fingerprint density at radius 1 is 1.19 bits per heavy atom. The molecule has 0 aliphatic rings. The summed E-state index contributed by atoms with van der Waals surface area (Å²) in [4.78, 5) is 12.3. The number of nitrogens with one attached hydrogen (secondary N) is 2. The fourth-order valence-electron chi connectivity index (χ4n) is 2.38. The van der Waals surface area contributed by atoms with Gasteiger partial charge in [-0.2, -0.15) is 5.10 Å². The highest BCUT2D eigenvalue weighted by molar-refractivity contribution is 6.31. The smallest absolute Gasteiger partial charge is 0.273 e. The molecular formula is C18H15ClFN3O3. The number of nitrogens with zero attached hydrogens (tertiary/aromatic N) is 1. The number of hydrogen-bond donors (Lipinski definition) is 2. The summed E-state index contributed by atoms with van der Waals surface area (Å²) >= 11 is 5.71. The van der Waals surface area contributed by atoms with Gasteiger partial charge in [0.1, 0.15) is 17.2 Å². The molecule has 0 fully saturated rings. The Hall–Kier alpha value is -3.06. The van der Waals surface area contributed by atoms with Crippen molar-refractivity contribution in [3.8, 4) is 22.8 Å². The molecule has 0 radical (unpaired) electrons. The van der Waals surface area contributed by atoms with Gasteiger partial charge in [0.05, 0.1) is 30.6 Å². The van der Waals surface area contributed by atoms with E-state index in [1.807, 2.05) is 0 Å². The molecule has 134 valence electrons. The second-order valence-corrected chi connectivity index (χ2v) is 5.70. The van der Waals surface area contributed by atoms with Crippen molar-refractivity contribution >= 4 is 23.2 Å². The summed E-state index contributed by atoms with van der Waals surface area (Å²) in [6.45, 7) is 0. The molecule has 0 saturated carbocycles. The Morgan fingerprint density at radius 2 is 2.00 bits per heavy atom. The van der Waals surface area contributed by atoms with Crippen molar-refractivity contribution in [2.45, 2.75) is 0 Å². The van der Waals surface area contributed by atoms with Crippen molar-refractivity contribution in [3.05, 3.63) is 59.0 Å². The van der Waals surface area contributed by atoms with E-state index in [1.165, 1.54) is 19.2 Å². The summed E-state index contributed by atoms with van der Waals surface area (Å²) in [6.07, 6.45) is 0. The third-order valence-electron chi connectivity index (χ3n) is 3.71. The van der Waals surface area contributed by atoms with Crippen LogP contribution in [0.25, 0.3) is 11.3 Å². The van der Waals surface area contributed by atoms with Crippen molar-refractivity contribution < 1.29 is 18.7 Å². The zero-order valence-corrected chi connectivity index (χ0v) is 14.7. The maximum Gasteiger partial charge on any atom is 0.273 e. The van der Waals surface area contributed by atoms with Gasteiger partial charge in [-0.15, -0.1) is 0 Å². The van der Waals surface area contributed by atoms with Gasteiger partial charge in [0.15, 0.2) is 5.82 Å². The molecule has 0 atom stereocenters. The molecule has 0 bridgehead atoms. The number of benzene rings is 2. The highest BCUT2D eigenvalue weighted by Gasteiger charge is 2.16. The van der Waals surface area contributed by atoms with Gasteiger partial charge in [-0.25, -0.2) is 4.39 Å². The van der Waals surface area contributed by atoms with Crippen LogP contribution in [0.5, 0.6) is 11.5 Å². The summed E-state index contributed by atoms with van der Waals surface area (Å²) in [7, 11) is 3.08. The average Bonchev–Trinajstić information content (AvgIpc) is 3.15. The second kappa shape index (κ2) is 7.45. The topological polar surface area (TPSA) is 76.2 Å². The first-order valence-corrected chi connectivity index (χ1v) is 7.94. The van der Waals surface area contributed by atoms with E-state index >= 15 is 0 Å². The zero-order valence-electron chi connectivity index (χ0n) is 14.0. The number of H-pyrrole nitrogens is 1. The minimum Gasteiger partial charge on any atom is -0.497 e. The van der Waals surface area contributed by atoms with Crippen LogP contribution in [0.4, 0.5) is 10.1 Å². The van der Waals surface area contributed by atoms with E-state index in [4.69, 9.17) is 21.1 Å². The van der Waals surface area contributed by atoms with Crippen LogP contribution in [0.1, 0.15) is 10.5 Å². The number of aromatic amines is 1. The molecule has 0 spiro atoms. The lowest BCUT2D eigenvalue weighted by Gasteiger charge is -2.08. The molecule has 6 nitrogen and oxygen atoms in total. The Bertz CT molecular complexity index is 959. The number of rotatable bonds is 5. The number of hydrogen-bond acceptors (Lipinski definition) is 4. The average molecular weight is 376 g/mol. The molecule has 1 heterocycles. The van der Waals surface area contributed by atoms with E-state index < -0.39 is 11.7 Å². The van der Waals surface area contributed by atoms with Crippen LogP contribution >= 0.6 is 11.6 Å². The molecule has 26 heavy (non-hydrogen) atoms. The van der Waals surface area contributed by atoms with Gasteiger partial charge < -0.3 is 14.8 Å². The highest BCUT2D eigenvalue weighted by atomic mass is 35.5. The Kier molecular flexibility index (Phi) is 5.09. The SMILES string of the molecule is COc1ccc(-c2cc(C(=O)Nc3cccc(Cl)c3F)[nH]n2)c(OC)c1. The summed E-state index contributed by atoms with van der Waals surface area (Å²) in [6, 6.07) is 11.1. The van der Waals surface area contributed by atoms with Gasteiger partial charge in [-0.1, -0.05) is 17.7 Å². The number of methoxy groups -OCH3 is 2. The van der Waals surface area contributed by atoms with E-state index in [2.05, 4.69) is 15.5 Å². The van der Waals surface area contributed by atoms with E-state index in [-0.39, 0.29) is 16.4 Å². The summed E-state index contributed by atoms with van der Waals surface area (Å²) in [5, 5.41) is 9.15. The Morgan fingerprint density at radius 3 is 2.73 bits per heavy atom. The molecule has 8 heteroatoms. The van der Waals surface area contributed by atoms with Crippen molar-refractivity contribution in [2.24, 2.45) is 0 Å². The van der Waals surface area contributed by atoms with Crippen LogP contribution in [0, 0.1) is 5.82 Å². The van der Waals surface area contributed by atoms with Gasteiger partial charge in [-0.05, 0) is 30.3 Å². The first-order chi connectivity index (χ1) is 12.5. The van der Waals surface area contributed by atoms with E-state index in [9.17, 15) is 9.18 Å². The van der Waals surface area contributed by atoms with Crippen LogP contribution in [0.2, 0.25) is 5.02 Å². The first kappa shape index (κ1) is 17.8. The van der Waals surface area contributed by atoms with Crippen LogP contribution in [0.3, 0.4) is 0 Å². The van der Waals surface area contributed by atoms with Crippen LogP contribution in [-0.4, -0.2) is 30.3 Å². The third kappa shape index (κ3) is 3.48. The minimum atomic E-state index is -0.695. The number of amides is 1. The predicted octanol–water partition coefficient (Wildman–Crippen LogP) is 4.14. The lowest BCUT2D eigenvalue weighted by Crippen LogP contribution is -2.13. The number of carbonyl (C=O) groups is 1. The normalized spacial score (nSPS) is 10.5. The minimum absolute atomic E-state index is 0.0133. The quantitative estimate of drug-likeness (QED) is 0.702. The molecule has 3 rings (SSSR count). The third-order valence-corrected chi connectivity index (χ3v) is 4.00. The summed E-state index contributed by atoms with van der Waals surface area (Å²) in [5.41, 5.74) is 1.33. The number of aromatic nitrogens is 2. The first-order valence-electron chi connectivity index (χ1n) is 7.56. The van der Waals surface area contributed by atoms with Gasteiger partial charge in [-0.3, -0.25) is 9.89 Å². The van der Waals surface area contributed by atoms with Gasteiger partial charge >= 0.3 is 0 Å². The van der Waals surface area contributed by atoms with E-state index in [0.717, 1.165) is 0 Å². The van der Waals surface area contributed by atoms with Crippen LogP contribution in [0.15, 0.2) is 42.5 Å². The monoisotopic (exact) mass is 375 g/mol. The van der Waals surface area contributed by atoms with Crippen molar-refractivity contribution in [3.63, 3.8) is 0 Å². The second-order valence-electron chi connectivity index (χ2n) is 5.29. The molecule has 0 aliphatic heterocycles. The van der Waals surface area contributed by atoms with Crippen molar-refractivity contribution in [1.82, 2.24) is 10.2 Å². The van der Waals surface area contributed by atoms with E-state index in [1.54, 1.807) is 37.4 Å². The molecule has 2 N–H and O–H groups in total. The van der Waals surface area contributed by atoms with Gasteiger partial charge in [0.2, 0.25) is 0 Å². The predicted molar refractivity (Wildman–Crippen MR) is 96.5 cm³/mol. The highest BCUT2D eigenvalue weighted by Crippen LogP contribution is 2.32. The fourth-order valence-corrected chi connectivity index (χ4v) is 2.55. The molecular weight excluding hydrogens is 361 g/mol. The van der Waals surface area contributed by atoms with Crippen molar-refractivity contribution in [2.75, 3.05) is 19.5 Å². The maximum atomic E-state index is 13.9. The number of ether oxygens (including phenoxy) is 2. The molecule has 1 aromatic heterocycles. The van der Waals surface area contributed by atoms with Gasteiger partial charge in [0, 0.05) is 11.6 Å². The standard InChI is InChI=1S/C18H15ClFN3O3/c1-25-10-6-7-11(16(8-10)26-2)14-9-15(23-22-14)18(24)21-13-5-3-4-12(19)17(13)20/h3-9H,1-2H3,(H,21,24)(H,22,23). The number of anilines is 1. The summed E-state index contributed by atoms with van der Waals surface area (Å²) in [5.74, 6) is -0.0595. The Balaban J connectivity index is 1.86. The largest absolute Gasteiger partial charge is 0.497 e. The molecule has 0 aliphatic carbocycles. The molecule has 3 aromatic rings. The van der Waals surface area contributed by atoms with Crippen LogP contribution in [-0.2, 0) is 0 Å². The maximum absolute atomic E-state index is 13.9. The van der Waals surface area contributed by atoms with Crippen LogP contribution < -0.4 is 14.8 Å². The summed E-state index contributed by atoms with van der Waals surface area (Å²) < 4.78 is 24.4. The lowest BCUT2D eigenvalue weighted by molar-refractivity contribution is 0.102. The lowest BCUT2D eigenvalue weighted by atomic mass is 10.1. The molecule has 1 amide bonds. The van der Waals surface area contributed by atoms with E-state index in [0.29, 0.717) is 22.8 Å². The number of carbonyl (C=O) groups excluding carboxylic acids is 1. The molecule has 0 unspecified atom stereocenters.